The molecule has 0 radical (unpaired) electrons. The summed E-state index contributed by atoms with van der Waals surface area (Å²) in [7, 11) is -2.84. The normalized spacial score (nSPS) is 11.2. The van der Waals surface area contributed by atoms with Crippen molar-refractivity contribution in [1.82, 2.24) is 5.06 Å². The van der Waals surface area contributed by atoms with E-state index in [-0.39, 0.29) is 21.5 Å². The lowest BCUT2D eigenvalue weighted by molar-refractivity contribution is -0.116. The highest BCUT2D eigenvalue weighted by molar-refractivity contribution is 7.85. The SMILES string of the molecule is CC(=O)N(C)c1cc(-c2cc(Cl)ccc2Cl)oc1C(=O)N(OS(C)(=O)=O)C(=N)N. The van der Waals surface area contributed by atoms with Gasteiger partial charge >= 0.3 is 5.91 Å². The van der Waals surface area contributed by atoms with Crippen molar-refractivity contribution in [2.45, 2.75) is 6.92 Å². The predicted octanol–water partition coefficient (Wildman–Crippen LogP) is 2.46. The first-order valence-electron chi connectivity index (χ1n) is 7.73. The van der Waals surface area contributed by atoms with Crippen LogP contribution in [0.1, 0.15) is 17.5 Å². The van der Waals surface area contributed by atoms with E-state index in [0.717, 1.165) is 4.90 Å². The molecule has 0 bridgehead atoms. The maximum atomic E-state index is 12.8. The molecule has 0 unspecified atom stereocenters. The van der Waals surface area contributed by atoms with Gasteiger partial charge in [-0.3, -0.25) is 15.0 Å². The summed E-state index contributed by atoms with van der Waals surface area (Å²) in [6.07, 6.45) is 0.665. The second-order valence-electron chi connectivity index (χ2n) is 5.79. The van der Waals surface area contributed by atoms with Gasteiger partial charge in [0.2, 0.25) is 17.6 Å². The minimum atomic E-state index is -4.21. The molecule has 3 N–H and O–H groups in total. The van der Waals surface area contributed by atoms with Crippen molar-refractivity contribution >= 4 is 56.8 Å². The molecule has 10 nitrogen and oxygen atoms in total. The molecule has 156 valence electrons. The van der Waals surface area contributed by atoms with Crippen LogP contribution in [-0.4, -0.2) is 44.6 Å². The number of hydrogen-bond acceptors (Lipinski definition) is 7. The van der Waals surface area contributed by atoms with Crippen molar-refractivity contribution in [3.8, 4) is 11.3 Å². The Kier molecular flexibility index (Phi) is 6.58. The van der Waals surface area contributed by atoms with E-state index in [1.807, 2.05) is 0 Å². The maximum absolute atomic E-state index is 12.8. The van der Waals surface area contributed by atoms with Gasteiger partial charge in [0.1, 0.15) is 5.76 Å². The first kappa shape index (κ1) is 22.7. The lowest BCUT2D eigenvalue weighted by Crippen LogP contribution is -2.43. The number of rotatable bonds is 5. The van der Waals surface area contributed by atoms with Gasteiger partial charge in [0.25, 0.3) is 10.1 Å². The van der Waals surface area contributed by atoms with E-state index in [0.29, 0.717) is 16.8 Å². The van der Waals surface area contributed by atoms with E-state index in [1.165, 1.54) is 32.2 Å². The second-order valence-corrected chi connectivity index (χ2v) is 8.19. The van der Waals surface area contributed by atoms with Crippen LogP contribution in [0.3, 0.4) is 0 Å². The summed E-state index contributed by atoms with van der Waals surface area (Å²) in [5, 5.41) is 8.04. The molecule has 2 rings (SSSR count). The summed E-state index contributed by atoms with van der Waals surface area (Å²) >= 11 is 12.1. The molecule has 2 amide bonds. The molecule has 0 aliphatic heterocycles. The molecule has 0 aliphatic carbocycles. The molecule has 1 aromatic heterocycles. The van der Waals surface area contributed by atoms with Gasteiger partial charge in [-0.05, 0) is 18.2 Å². The topological polar surface area (TPSA) is 147 Å². The number of hydrogen-bond donors (Lipinski definition) is 2. The molecule has 0 spiro atoms. The summed E-state index contributed by atoms with van der Waals surface area (Å²) in [4.78, 5) is 25.8. The molecule has 0 saturated heterocycles. The van der Waals surface area contributed by atoms with Crippen LogP contribution in [0.15, 0.2) is 28.7 Å². The number of benzene rings is 1. The molecular formula is C16H16Cl2N4O6S. The van der Waals surface area contributed by atoms with Gasteiger partial charge in [0, 0.05) is 30.6 Å². The highest BCUT2D eigenvalue weighted by Crippen LogP contribution is 2.37. The summed E-state index contributed by atoms with van der Waals surface area (Å²) in [5.41, 5.74) is 5.55. The van der Waals surface area contributed by atoms with Gasteiger partial charge in [-0.15, -0.1) is 9.35 Å². The van der Waals surface area contributed by atoms with Gasteiger partial charge in [-0.25, -0.2) is 0 Å². The van der Waals surface area contributed by atoms with E-state index >= 15 is 0 Å². The number of hydroxylamine groups is 2. The molecule has 0 saturated carbocycles. The number of halogens is 2. The zero-order valence-electron chi connectivity index (χ0n) is 15.4. The Hall–Kier alpha value is -2.60. The average molecular weight is 463 g/mol. The Morgan fingerprint density at radius 1 is 1.24 bits per heavy atom. The Labute approximate surface area is 176 Å². The number of anilines is 1. The molecule has 2 aromatic rings. The number of nitrogens with two attached hydrogens (primary N) is 1. The Balaban J connectivity index is 2.67. The van der Waals surface area contributed by atoms with Crippen LogP contribution in [0.2, 0.25) is 10.0 Å². The molecule has 1 heterocycles. The smallest absolute Gasteiger partial charge is 0.323 e. The van der Waals surface area contributed by atoms with E-state index < -0.39 is 33.7 Å². The maximum Gasteiger partial charge on any atom is 0.323 e. The quantitative estimate of drug-likeness (QED) is 0.393. The van der Waals surface area contributed by atoms with Crippen molar-refractivity contribution in [3.05, 3.63) is 40.1 Å². The van der Waals surface area contributed by atoms with E-state index in [2.05, 4.69) is 4.28 Å². The minimum Gasteiger partial charge on any atom is -0.448 e. The second kappa shape index (κ2) is 8.41. The molecule has 0 fully saturated rings. The largest absolute Gasteiger partial charge is 0.448 e. The molecule has 29 heavy (non-hydrogen) atoms. The van der Waals surface area contributed by atoms with Crippen molar-refractivity contribution in [2.24, 2.45) is 5.73 Å². The first-order valence-corrected chi connectivity index (χ1v) is 10.3. The molecule has 1 aromatic carbocycles. The van der Waals surface area contributed by atoms with Crippen LogP contribution in [0.5, 0.6) is 0 Å². The number of furan rings is 1. The summed E-state index contributed by atoms with van der Waals surface area (Å²) < 4.78 is 32.9. The third-order valence-corrected chi connectivity index (χ3v) is 4.53. The van der Waals surface area contributed by atoms with Crippen molar-refractivity contribution in [1.29, 1.82) is 5.41 Å². The Morgan fingerprint density at radius 2 is 1.86 bits per heavy atom. The highest BCUT2D eigenvalue weighted by Gasteiger charge is 2.32. The number of carbonyl (C=O) groups is 2. The number of nitrogens with one attached hydrogen (secondary N) is 1. The van der Waals surface area contributed by atoms with Gasteiger partial charge in [0.05, 0.1) is 17.0 Å². The van der Waals surface area contributed by atoms with Crippen molar-refractivity contribution in [2.75, 3.05) is 18.2 Å². The summed E-state index contributed by atoms with van der Waals surface area (Å²) in [6.45, 7) is 1.24. The van der Waals surface area contributed by atoms with Crippen LogP contribution < -0.4 is 10.6 Å². The van der Waals surface area contributed by atoms with Gasteiger partial charge in [0.15, 0.2) is 0 Å². The first-order chi connectivity index (χ1) is 13.3. The monoisotopic (exact) mass is 462 g/mol. The lowest BCUT2D eigenvalue weighted by Gasteiger charge is -2.19. The van der Waals surface area contributed by atoms with E-state index in [1.54, 1.807) is 6.07 Å². The van der Waals surface area contributed by atoms with Gasteiger partial charge in [-0.1, -0.05) is 23.2 Å². The minimum absolute atomic E-state index is 0.0228. The van der Waals surface area contributed by atoms with Crippen LogP contribution in [0.25, 0.3) is 11.3 Å². The van der Waals surface area contributed by atoms with Crippen LogP contribution in [0, 0.1) is 5.41 Å². The fourth-order valence-corrected chi connectivity index (χ4v) is 2.99. The third-order valence-electron chi connectivity index (χ3n) is 3.55. The Morgan fingerprint density at radius 3 is 2.38 bits per heavy atom. The molecule has 13 heteroatoms. The fraction of sp³-hybridized carbons (Fsp3) is 0.188. The number of guanidine groups is 1. The number of carbonyl (C=O) groups excluding carboxylic acids is 2. The number of nitrogens with zero attached hydrogens (tertiary/aromatic N) is 2. The van der Waals surface area contributed by atoms with Gasteiger partial charge < -0.3 is 15.1 Å². The molecule has 0 aliphatic rings. The Bertz CT molecular complexity index is 1100. The standard InChI is InChI=1S/C16H16Cl2N4O6S/c1-8(23)21(2)12-7-13(10-6-9(17)4-5-11(10)18)27-14(12)15(24)22(16(19)20)28-29(3,25)26/h4-7H,1-3H3,(H3,19,20). The van der Waals surface area contributed by atoms with Gasteiger partial charge in [-0.2, -0.15) is 8.42 Å². The van der Waals surface area contributed by atoms with E-state index in [4.69, 9.17) is 38.8 Å². The average Bonchev–Trinajstić information content (AvgIpc) is 3.04. The summed E-state index contributed by atoms with van der Waals surface area (Å²) in [5.74, 6) is -3.15. The van der Waals surface area contributed by atoms with Crippen LogP contribution in [-0.2, 0) is 19.2 Å². The van der Waals surface area contributed by atoms with Crippen LogP contribution >= 0.6 is 23.2 Å². The highest BCUT2D eigenvalue weighted by atomic mass is 35.5. The summed E-state index contributed by atoms with van der Waals surface area (Å²) in [6, 6.07) is 5.86. The van der Waals surface area contributed by atoms with Crippen molar-refractivity contribution in [3.63, 3.8) is 0 Å². The fourth-order valence-electron chi connectivity index (χ4n) is 2.18. The number of amides is 2. The zero-order valence-corrected chi connectivity index (χ0v) is 17.7. The van der Waals surface area contributed by atoms with Crippen LogP contribution in [0.4, 0.5) is 5.69 Å². The molecule has 0 atom stereocenters. The van der Waals surface area contributed by atoms with Crippen molar-refractivity contribution < 1.29 is 26.7 Å². The lowest BCUT2D eigenvalue weighted by atomic mass is 10.1. The third kappa shape index (κ3) is 5.26. The zero-order chi connectivity index (χ0) is 22.1. The van der Waals surface area contributed by atoms with E-state index in [9.17, 15) is 18.0 Å². The molecular weight excluding hydrogens is 447 g/mol. The predicted molar refractivity (Wildman–Crippen MR) is 107 cm³/mol.